The van der Waals surface area contributed by atoms with E-state index in [0.717, 1.165) is 73.7 Å². The van der Waals surface area contributed by atoms with Crippen molar-refractivity contribution in [2.24, 2.45) is 0 Å². The third-order valence-electron chi connectivity index (χ3n) is 9.48. The molecule has 4 aromatic carbocycles. The summed E-state index contributed by atoms with van der Waals surface area (Å²) in [5, 5.41) is 44.7. The number of nitriles is 2. The van der Waals surface area contributed by atoms with Gasteiger partial charge >= 0.3 is 65.1 Å². The molecule has 0 aliphatic carbocycles. The number of carboxylic acids is 2. The van der Waals surface area contributed by atoms with Crippen LogP contribution in [-0.4, -0.2) is 32.5 Å². The maximum absolute atomic E-state index is 11.1. The summed E-state index contributed by atoms with van der Waals surface area (Å²) >= 11 is 3.21. The Kier molecular flexibility index (Phi) is 19.1. The van der Waals surface area contributed by atoms with E-state index in [1.54, 1.807) is 28.9 Å². The minimum atomic E-state index is -1.05. The summed E-state index contributed by atoms with van der Waals surface area (Å²) in [6.45, 7) is 3.83. The van der Waals surface area contributed by atoms with Gasteiger partial charge in [0.05, 0.1) is 29.7 Å². The van der Waals surface area contributed by atoms with E-state index < -0.39 is 11.9 Å². The second-order valence-electron chi connectivity index (χ2n) is 13.1. The van der Waals surface area contributed by atoms with Crippen LogP contribution in [0.3, 0.4) is 0 Å². The maximum Gasteiger partial charge on any atom is 1.00 e. The van der Waals surface area contributed by atoms with Gasteiger partial charge in [0.15, 0.2) is 0 Å². The van der Waals surface area contributed by atoms with Crippen LogP contribution in [0, 0.1) is 22.7 Å². The van der Waals surface area contributed by atoms with Gasteiger partial charge in [-0.25, -0.2) is 0 Å². The van der Waals surface area contributed by atoms with E-state index in [1.807, 2.05) is 117 Å². The molecule has 2 atom stereocenters. The van der Waals surface area contributed by atoms with Gasteiger partial charge < -0.3 is 20.5 Å². The quantitative estimate of drug-likeness (QED) is 0.208. The van der Waals surface area contributed by atoms with E-state index in [-0.39, 0.29) is 104 Å². The van der Waals surface area contributed by atoms with Crippen molar-refractivity contribution in [3.05, 3.63) is 131 Å². The number of carbonyl (C=O) groups is 2. The molecule has 288 valence electrons. The molecule has 4 aromatic heterocycles. The molecule has 8 rings (SSSR count). The summed E-state index contributed by atoms with van der Waals surface area (Å²) in [4.78, 5) is 32.8. The molecule has 8 aromatic rings. The average molecular weight is 839 g/mol. The van der Waals surface area contributed by atoms with Crippen LogP contribution in [0.15, 0.2) is 110 Å². The van der Waals surface area contributed by atoms with E-state index in [4.69, 9.17) is 5.11 Å². The number of nitrogens with zero attached hydrogens (tertiary/aromatic N) is 4. The number of hydrogen-bond acceptors (Lipinski definition) is 10. The molecule has 0 unspecified atom stereocenters. The molecule has 0 saturated carbocycles. The van der Waals surface area contributed by atoms with Gasteiger partial charge in [-0.2, -0.15) is 10.5 Å². The van der Waals surface area contributed by atoms with E-state index in [2.05, 4.69) is 22.1 Å². The largest absolute Gasteiger partial charge is 1.00 e. The van der Waals surface area contributed by atoms with Crippen LogP contribution >= 0.6 is 22.7 Å². The Labute approximate surface area is 395 Å². The van der Waals surface area contributed by atoms with Gasteiger partial charge in [0, 0.05) is 88.5 Å². The van der Waals surface area contributed by atoms with Crippen LogP contribution in [0.1, 0.15) is 74.3 Å². The van der Waals surface area contributed by atoms with E-state index >= 15 is 0 Å². The molecular formula is C46H40N4Na2O5S2. The molecule has 13 heteroatoms. The molecule has 0 radical (unpaired) electrons. The molecule has 59 heavy (non-hydrogen) atoms. The van der Waals surface area contributed by atoms with E-state index in [0.29, 0.717) is 11.1 Å². The van der Waals surface area contributed by atoms with Gasteiger partial charge in [-0.1, -0.05) is 89.4 Å². The van der Waals surface area contributed by atoms with Crippen LogP contribution in [0.4, 0.5) is 0 Å². The minimum Gasteiger partial charge on any atom is -0.870 e. The van der Waals surface area contributed by atoms with Gasteiger partial charge in [0.25, 0.3) is 0 Å². The summed E-state index contributed by atoms with van der Waals surface area (Å²) in [5.41, 5.74) is 5.34. The SMILES string of the molecule is C.C.C[C@H](CC(=O)O)c1cc2cncc(-c3ccc(C#N)c4ccccc34)c2s1.C[C@H](CC(=O)[O-])c1cc2cncc(-c3ccc(C#N)c4ccccc34)c2s1.[Na+].[Na+].[OH-]. The Morgan fingerprint density at radius 1 is 0.644 bits per heavy atom. The number of pyridine rings is 2. The standard InChI is InChI=1S/2C22H16N2O2S.2CH4.2Na.H2O/c2*1-13(8-21(25)26)20-9-15-11-24-12-19(22(15)27-20)18-7-6-14(10-23)16-4-2-3-5-17(16)18;;;;;/h2*2-7,9,11-13H,8H2,1H3,(H,25,26);2*1H4;;;1H2/q;;;;2*+1;/p-2/t2*13-;;;;;/m11...../s1. The second kappa shape index (κ2) is 22.2. The zero-order valence-electron chi connectivity index (χ0n) is 31.7. The van der Waals surface area contributed by atoms with Crippen molar-refractivity contribution in [1.82, 2.24) is 9.97 Å². The van der Waals surface area contributed by atoms with Gasteiger partial charge in [0.2, 0.25) is 0 Å². The van der Waals surface area contributed by atoms with Crippen LogP contribution in [0.5, 0.6) is 0 Å². The van der Waals surface area contributed by atoms with Gasteiger partial charge in [0.1, 0.15) is 0 Å². The molecule has 0 fully saturated rings. The number of carboxylic acid groups (broad SMARTS) is 2. The Balaban J connectivity index is 0.000000375. The summed E-state index contributed by atoms with van der Waals surface area (Å²) in [5.74, 6) is -2.00. The topological polar surface area (TPSA) is 181 Å². The number of fused-ring (bicyclic) bond motifs is 4. The molecule has 0 aliphatic rings. The number of aromatic nitrogens is 2. The molecular weight excluding hydrogens is 799 g/mol. The average Bonchev–Trinajstić information content (AvgIpc) is 3.83. The smallest absolute Gasteiger partial charge is 0.870 e. The first-order valence-corrected chi connectivity index (χ1v) is 18.8. The van der Waals surface area contributed by atoms with Crippen molar-refractivity contribution in [2.75, 3.05) is 0 Å². The molecule has 0 amide bonds. The van der Waals surface area contributed by atoms with Gasteiger partial charge in [-0.05, 0) is 58.5 Å². The Hall–Kier alpha value is -4.50. The molecule has 0 spiro atoms. The molecule has 2 N–H and O–H groups in total. The summed E-state index contributed by atoms with van der Waals surface area (Å²) in [6, 6.07) is 31.9. The molecule has 9 nitrogen and oxygen atoms in total. The fourth-order valence-electron chi connectivity index (χ4n) is 6.81. The minimum absolute atomic E-state index is 0. The maximum atomic E-state index is 11.1. The normalized spacial score (nSPS) is 11.1. The van der Waals surface area contributed by atoms with Crippen LogP contribution in [-0.2, 0) is 9.59 Å². The zero-order chi connectivity index (χ0) is 37.9. The fraction of sp³-hybridized carbons (Fsp3) is 0.174. The fourth-order valence-corrected chi connectivity index (χ4v) is 9.23. The Morgan fingerprint density at radius 3 is 1.41 bits per heavy atom. The van der Waals surface area contributed by atoms with Crippen molar-refractivity contribution < 1.29 is 84.4 Å². The van der Waals surface area contributed by atoms with E-state index in [1.165, 1.54) is 0 Å². The first kappa shape index (κ1) is 50.6. The van der Waals surface area contributed by atoms with Crippen molar-refractivity contribution in [2.45, 2.75) is 53.4 Å². The monoisotopic (exact) mass is 838 g/mol. The first-order chi connectivity index (χ1) is 26.2. The molecule has 0 saturated heterocycles. The third-order valence-corrected chi connectivity index (χ3v) is 12.3. The van der Waals surface area contributed by atoms with Crippen LogP contribution < -0.4 is 64.2 Å². The van der Waals surface area contributed by atoms with Crippen molar-refractivity contribution >= 4 is 76.3 Å². The second-order valence-corrected chi connectivity index (χ2v) is 15.3. The third kappa shape index (κ3) is 10.6. The van der Waals surface area contributed by atoms with Crippen LogP contribution in [0.2, 0.25) is 0 Å². The molecule has 0 aliphatic heterocycles. The number of aliphatic carboxylic acids is 2. The number of carbonyl (C=O) groups excluding carboxylic acids is 1. The Morgan fingerprint density at radius 2 is 1.03 bits per heavy atom. The summed E-state index contributed by atoms with van der Waals surface area (Å²) in [6.07, 6.45) is 7.40. The van der Waals surface area contributed by atoms with Crippen molar-refractivity contribution in [3.63, 3.8) is 0 Å². The predicted octanol–water partition coefficient (Wildman–Crippen LogP) is 4.90. The van der Waals surface area contributed by atoms with Crippen LogP contribution in [0.25, 0.3) is 64.0 Å². The number of hydrogen-bond donors (Lipinski definition) is 1. The first-order valence-electron chi connectivity index (χ1n) is 17.2. The van der Waals surface area contributed by atoms with E-state index in [9.17, 15) is 25.2 Å². The summed E-state index contributed by atoms with van der Waals surface area (Å²) < 4.78 is 2.16. The number of thiophene rings is 2. The molecule has 0 bridgehead atoms. The molecule has 4 heterocycles. The Bertz CT molecular complexity index is 2650. The van der Waals surface area contributed by atoms with Gasteiger partial charge in [-0.3, -0.25) is 14.8 Å². The van der Waals surface area contributed by atoms with Gasteiger partial charge in [-0.15, -0.1) is 22.7 Å². The summed E-state index contributed by atoms with van der Waals surface area (Å²) in [7, 11) is 0. The predicted molar refractivity (Wildman–Crippen MR) is 229 cm³/mol. The zero-order valence-corrected chi connectivity index (χ0v) is 37.3. The number of rotatable bonds is 8. The van der Waals surface area contributed by atoms with Crippen molar-refractivity contribution in [1.29, 1.82) is 10.5 Å². The number of benzene rings is 4. The van der Waals surface area contributed by atoms with Crippen molar-refractivity contribution in [3.8, 4) is 34.4 Å².